The van der Waals surface area contributed by atoms with Crippen LogP contribution in [0, 0.1) is 0 Å². The molecule has 1 aliphatic heterocycles. The summed E-state index contributed by atoms with van der Waals surface area (Å²) in [6, 6.07) is 19.2. The first-order chi connectivity index (χ1) is 13.6. The Bertz CT molecular complexity index is 1000. The van der Waals surface area contributed by atoms with Crippen LogP contribution in [0.15, 0.2) is 60.7 Å². The smallest absolute Gasteiger partial charge is 0.242 e. The molecule has 0 aliphatic carbocycles. The van der Waals surface area contributed by atoms with Gasteiger partial charge in [0.1, 0.15) is 18.6 Å². The van der Waals surface area contributed by atoms with Crippen molar-refractivity contribution < 1.29 is 14.3 Å². The van der Waals surface area contributed by atoms with Gasteiger partial charge in [0.05, 0.1) is 11.4 Å². The lowest BCUT2D eigenvalue weighted by Gasteiger charge is -2.18. The summed E-state index contributed by atoms with van der Waals surface area (Å²) in [5.74, 6) is 1.27. The zero-order valence-electron chi connectivity index (χ0n) is 15.3. The van der Waals surface area contributed by atoms with Gasteiger partial charge in [0.2, 0.25) is 5.91 Å². The van der Waals surface area contributed by atoms with Crippen molar-refractivity contribution in [2.75, 3.05) is 18.5 Å². The van der Waals surface area contributed by atoms with Gasteiger partial charge in [-0.3, -0.25) is 4.79 Å². The number of fused-ring (bicyclic) bond motifs is 1. The van der Waals surface area contributed by atoms with Crippen LogP contribution in [0.2, 0.25) is 0 Å². The third kappa shape index (κ3) is 3.94. The summed E-state index contributed by atoms with van der Waals surface area (Å²) in [5, 5.41) is 2.19. The highest BCUT2D eigenvalue weighted by atomic mass is 35.5. The lowest BCUT2D eigenvalue weighted by molar-refractivity contribution is -0.115. The molecule has 1 atom stereocenters. The molecule has 0 bridgehead atoms. The maximum absolute atomic E-state index is 11.7. The number of pyridine rings is 1. The summed E-state index contributed by atoms with van der Waals surface area (Å²) >= 11 is 5.79. The molecular formula is C22H19ClN2O3. The summed E-state index contributed by atoms with van der Waals surface area (Å²) < 4.78 is 11.2. The summed E-state index contributed by atoms with van der Waals surface area (Å²) in [4.78, 5) is 16.5. The Balaban J connectivity index is 1.58. The average molecular weight is 395 g/mol. The molecule has 2 heterocycles. The topological polar surface area (TPSA) is 60.5 Å². The van der Waals surface area contributed by atoms with E-state index in [9.17, 15) is 4.79 Å². The van der Waals surface area contributed by atoms with Crippen LogP contribution >= 0.6 is 11.6 Å². The van der Waals surface area contributed by atoms with E-state index in [1.165, 1.54) is 0 Å². The van der Waals surface area contributed by atoms with Crippen molar-refractivity contribution >= 4 is 23.2 Å². The zero-order valence-corrected chi connectivity index (χ0v) is 16.1. The van der Waals surface area contributed by atoms with Crippen molar-refractivity contribution in [3.8, 4) is 34.0 Å². The molecule has 1 N–H and O–H groups in total. The fraction of sp³-hybridized carbons (Fsp3) is 0.182. The number of carbonyl (C=O) groups excluding carboxylic acids is 1. The molecule has 142 valence electrons. The first-order valence-electron chi connectivity index (χ1n) is 9.02. The molecule has 4 rings (SSSR count). The van der Waals surface area contributed by atoms with Crippen LogP contribution in [0.4, 0.5) is 5.69 Å². The molecule has 28 heavy (non-hydrogen) atoms. The molecule has 3 aromatic rings. The first-order valence-corrected chi connectivity index (χ1v) is 9.46. The second-order valence-electron chi connectivity index (χ2n) is 6.45. The van der Waals surface area contributed by atoms with Crippen molar-refractivity contribution in [3.63, 3.8) is 0 Å². The van der Waals surface area contributed by atoms with E-state index in [-0.39, 0.29) is 5.91 Å². The van der Waals surface area contributed by atoms with Crippen LogP contribution in [0.25, 0.3) is 22.5 Å². The summed E-state index contributed by atoms with van der Waals surface area (Å²) in [7, 11) is 0. The maximum Gasteiger partial charge on any atom is 0.242 e. The highest BCUT2D eigenvalue weighted by Gasteiger charge is 2.13. The molecule has 5 nitrogen and oxygen atoms in total. The molecule has 0 unspecified atom stereocenters. The number of amides is 1. The highest BCUT2D eigenvalue weighted by molar-refractivity contribution is 6.32. The Morgan fingerprint density at radius 1 is 0.964 bits per heavy atom. The van der Waals surface area contributed by atoms with E-state index in [4.69, 9.17) is 26.1 Å². The predicted octanol–water partition coefficient (Wildman–Crippen LogP) is 4.75. The van der Waals surface area contributed by atoms with Crippen LogP contribution in [0.1, 0.15) is 6.92 Å². The fourth-order valence-corrected chi connectivity index (χ4v) is 2.98. The van der Waals surface area contributed by atoms with Crippen molar-refractivity contribution in [2.45, 2.75) is 12.3 Å². The van der Waals surface area contributed by atoms with E-state index in [2.05, 4.69) is 5.32 Å². The van der Waals surface area contributed by atoms with Crippen LogP contribution in [-0.4, -0.2) is 29.5 Å². The number of rotatable bonds is 4. The molecule has 2 aromatic carbocycles. The van der Waals surface area contributed by atoms with Gasteiger partial charge in [0, 0.05) is 16.8 Å². The normalized spacial score (nSPS) is 13.6. The molecule has 0 saturated heterocycles. The Kier molecular flexibility index (Phi) is 5.17. The van der Waals surface area contributed by atoms with Crippen LogP contribution in [0.3, 0.4) is 0 Å². The number of ether oxygens (including phenoxy) is 2. The van der Waals surface area contributed by atoms with Crippen molar-refractivity contribution in [2.24, 2.45) is 0 Å². The van der Waals surface area contributed by atoms with Gasteiger partial charge < -0.3 is 14.8 Å². The molecule has 1 amide bonds. The van der Waals surface area contributed by atoms with Gasteiger partial charge >= 0.3 is 0 Å². The zero-order chi connectivity index (χ0) is 19.5. The standard InChI is InChI=1S/C22H19ClN2O3/c1-14(23)22(26)24-17-8-5-15(6-9-17)18-3-2-4-19(25-18)16-7-10-20-21(13-16)28-12-11-27-20/h2-10,13-14H,11-12H2,1H3,(H,24,26)/t14-/m0/s1. The third-order valence-corrected chi connectivity index (χ3v) is 4.59. The molecule has 1 aliphatic rings. The summed E-state index contributed by atoms with van der Waals surface area (Å²) in [6.07, 6.45) is 0. The largest absolute Gasteiger partial charge is 0.486 e. The minimum Gasteiger partial charge on any atom is -0.486 e. The fourth-order valence-electron chi connectivity index (χ4n) is 2.92. The Morgan fingerprint density at radius 2 is 1.61 bits per heavy atom. The van der Waals surface area contributed by atoms with Gasteiger partial charge in [-0.1, -0.05) is 18.2 Å². The number of nitrogens with one attached hydrogen (secondary N) is 1. The number of aromatic nitrogens is 1. The van der Waals surface area contributed by atoms with Gasteiger partial charge in [-0.05, 0) is 49.4 Å². The van der Waals surface area contributed by atoms with Gasteiger partial charge in [0.25, 0.3) is 0 Å². The lowest BCUT2D eigenvalue weighted by atomic mass is 10.1. The van der Waals surface area contributed by atoms with Gasteiger partial charge in [-0.2, -0.15) is 0 Å². The van der Waals surface area contributed by atoms with Gasteiger partial charge in [-0.15, -0.1) is 11.6 Å². The van der Waals surface area contributed by atoms with Gasteiger partial charge in [0.15, 0.2) is 11.5 Å². The quantitative estimate of drug-likeness (QED) is 0.648. The van der Waals surface area contributed by atoms with Crippen LogP contribution in [-0.2, 0) is 4.79 Å². The number of anilines is 1. The highest BCUT2D eigenvalue weighted by Crippen LogP contribution is 2.34. The Labute approximate surface area is 168 Å². The van der Waals surface area contributed by atoms with E-state index in [1.807, 2.05) is 60.7 Å². The predicted molar refractivity (Wildman–Crippen MR) is 110 cm³/mol. The molecule has 0 fully saturated rings. The third-order valence-electron chi connectivity index (χ3n) is 4.40. The van der Waals surface area contributed by atoms with E-state index < -0.39 is 5.38 Å². The minimum absolute atomic E-state index is 0.229. The van der Waals surface area contributed by atoms with E-state index in [1.54, 1.807) is 6.92 Å². The van der Waals surface area contributed by atoms with Crippen molar-refractivity contribution in [3.05, 3.63) is 60.7 Å². The first kappa shape index (κ1) is 18.3. The molecule has 0 saturated carbocycles. The number of hydrogen-bond acceptors (Lipinski definition) is 4. The summed E-state index contributed by atoms with van der Waals surface area (Å²) in [5.41, 5.74) is 4.31. The number of hydrogen-bond donors (Lipinski definition) is 1. The molecule has 0 radical (unpaired) electrons. The summed E-state index contributed by atoms with van der Waals surface area (Å²) in [6.45, 7) is 2.76. The number of carbonyl (C=O) groups is 1. The van der Waals surface area contributed by atoms with E-state index in [0.29, 0.717) is 18.9 Å². The number of benzene rings is 2. The van der Waals surface area contributed by atoms with Crippen LogP contribution < -0.4 is 14.8 Å². The molecule has 6 heteroatoms. The minimum atomic E-state index is -0.580. The average Bonchev–Trinajstić information content (AvgIpc) is 2.74. The number of nitrogens with zero attached hydrogens (tertiary/aromatic N) is 1. The molecular weight excluding hydrogens is 376 g/mol. The number of alkyl halides is 1. The Morgan fingerprint density at radius 3 is 2.32 bits per heavy atom. The van der Waals surface area contributed by atoms with Gasteiger partial charge in [-0.25, -0.2) is 4.98 Å². The van der Waals surface area contributed by atoms with E-state index in [0.717, 1.165) is 34.0 Å². The monoisotopic (exact) mass is 394 g/mol. The maximum atomic E-state index is 11.7. The van der Waals surface area contributed by atoms with Crippen molar-refractivity contribution in [1.82, 2.24) is 4.98 Å². The number of halogens is 1. The SMILES string of the molecule is C[C@H](Cl)C(=O)Nc1ccc(-c2cccc(-c3ccc4c(c3)OCCO4)n2)cc1. The second kappa shape index (κ2) is 7.90. The van der Waals surface area contributed by atoms with E-state index >= 15 is 0 Å². The molecule has 0 spiro atoms. The second-order valence-corrected chi connectivity index (χ2v) is 7.10. The Hall–Kier alpha value is -3.05. The molecule has 1 aromatic heterocycles. The lowest BCUT2D eigenvalue weighted by Crippen LogP contribution is -2.20. The van der Waals surface area contributed by atoms with Crippen molar-refractivity contribution in [1.29, 1.82) is 0 Å². The van der Waals surface area contributed by atoms with Crippen LogP contribution in [0.5, 0.6) is 11.5 Å².